The van der Waals surface area contributed by atoms with Crippen LogP contribution in [0.3, 0.4) is 0 Å². The van der Waals surface area contributed by atoms with Crippen molar-refractivity contribution in [3.05, 3.63) is 35.9 Å². The number of oxazole rings is 1. The Labute approximate surface area is 122 Å². The molecule has 0 fully saturated rings. The minimum Gasteiger partial charge on any atom is -0.493 e. The van der Waals surface area contributed by atoms with E-state index >= 15 is 0 Å². The lowest BCUT2D eigenvalue weighted by molar-refractivity contribution is 0.355. The molecule has 0 radical (unpaired) electrons. The summed E-state index contributed by atoms with van der Waals surface area (Å²) in [5.74, 6) is 1.62. The van der Waals surface area contributed by atoms with Crippen LogP contribution >= 0.6 is 0 Å². The lowest BCUT2D eigenvalue weighted by Crippen LogP contribution is -1.96. The molecule has 1 heterocycles. The topological polar surface area (TPSA) is 70.5 Å². The number of aromatic nitrogens is 1. The van der Waals surface area contributed by atoms with Gasteiger partial charge in [0.05, 0.1) is 19.8 Å². The molecule has 21 heavy (non-hydrogen) atoms. The first-order chi connectivity index (χ1) is 10.1. The Kier molecular flexibility index (Phi) is 3.17. The Morgan fingerprint density at radius 2 is 1.76 bits per heavy atom. The number of rotatable bonds is 3. The zero-order valence-corrected chi connectivity index (χ0v) is 12.1. The average molecular weight is 284 g/mol. The molecule has 5 nitrogen and oxygen atoms in total. The van der Waals surface area contributed by atoms with Gasteiger partial charge in [-0.2, -0.15) is 0 Å². The largest absolute Gasteiger partial charge is 0.493 e. The molecule has 2 N–H and O–H groups in total. The molecule has 0 atom stereocenters. The monoisotopic (exact) mass is 284 g/mol. The molecule has 108 valence electrons. The zero-order valence-electron chi connectivity index (χ0n) is 12.1. The number of hydrogen-bond donors (Lipinski definition) is 1. The third-order valence-corrected chi connectivity index (χ3v) is 3.33. The van der Waals surface area contributed by atoms with Crippen LogP contribution in [0.5, 0.6) is 11.5 Å². The Hall–Kier alpha value is -2.69. The first-order valence-corrected chi connectivity index (χ1v) is 6.51. The second kappa shape index (κ2) is 5.01. The molecular weight excluding hydrogens is 268 g/mol. The molecule has 0 aliphatic rings. The van der Waals surface area contributed by atoms with Crippen LogP contribution in [0.15, 0.2) is 34.7 Å². The third-order valence-electron chi connectivity index (χ3n) is 3.33. The number of nitrogens with zero attached hydrogens (tertiary/aromatic N) is 1. The molecule has 3 aromatic rings. The van der Waals surface area contributed by atoms with Gasteiger partial charge in [0.2, 0.25) is 5.89 Å². The lowest BCUT2D eigenvalue weighted by atomic mass is 10.1. The Bertz CT molecular complexity index is 809. The fourth-order valence-electron chi connectivity index (χ4n) is 2.23. The van der Waals surface area contributed by atoms with E-state index in [9.17, 15) is 0 Å². The van der Waals surface area contributed by atoms with Crippen molar-refractivity contribution in [1.82, 2.24) is 4.98 Å². The summed E-state index contributed by atoms with van der Waals surface area (Å²) in [6.45, 7) is 2.01. The van der Waals surface area contributed by atoms with E-state index in [0.29, 0.717) is 28.6 Å². The van der Waals surface area contributed by atoms with Gasteiger partial charge in [-0.15, -0.1) is 0 Å². The number of ether oxygens (including phenoxy) is 2. The average Bonchev–Trinajstić information content (AvgIpc) is 2.89. The fraction of sp³-hybridized carbons (Fsp3) is 0.188. The van der Waals surface area contributed by atoms with Crippen molar-refractivity contribution < 1.29 is 13.9 Å². The first-order valence-electron chi connectivity index (χ1n) is 6.51. The van der Waals surface area contributed by atoms with E-state index in [-0.39, 0.29) is 0 Å². The van der Waals surface area contributed by atoms with Gasteiger partial charge in [-0.25, -0.2) is 4.98 Å². The normalized spacial score (nSPS) is 10.8. The number of aryl methyl sites for hydroxylation is 1. The fourth-order valence-corrected chi connectivity index (χ4v) is 2.23. The molecule has 0 saturated carbocycles. The van der Waals surface area contributed by atoms with E-state index in [0.717, 1.165) is 16.7 Å². The highest BCUT2D eigenvalue weighted by Crippen LogP contribution is 2.37. The molecule has 0 bridgehead atoms. The summed E-state index contributed by atoms with van der Waals surface area (Å²) in [6.07, 6.45) is 0. The van der Waals surface area contributed by atoms with Gasteiger partial charge in [0, 0.05) is 11.8 Å². The second-order valence-electron chi connectivity index (χ2n) is 4.78. The molecule has 0 unspecified atom stereocenters. The molecule has 0 aliphatic heterocycles. The standard InChI is InChI=1S/C16H16N2O3/c1-9-4-5-12-13(6-9)21-16(18-12)10-7-14(19-2)15(20-3)8-11(10)17/h4-8H,17H2,1-3H3. The number of benzene rings is 2. The summed E-state index contributed by atoms with van der Waals surface area (Å²) in [7, 11) is 3.15. The van der Waals surface area contributed by atoms with E-state index in [4.69, 9.17) is 19.6 Å². The van der Waals surface area contributed by atoms with Crippen LogP contribution in [0.1, 0.15) is 5.56 Å². The summed E-state index contributed by atoms with van der Waals surface area (Å²) in [5.41, 5.74) is 9.92. The van der Waals surface area contributed by atoms with Gasteiger partial charge in [0.15, 0.2) is 17.1 Å². The molecule has 0 amide bonds. The molecule has 0 saturated heterocycles. The van der Waals surface area contributed by atoms with E-state index in [1.165, 1.54) is 0 Å². The summed E-state index contributed by atoms with van der Waals surface area (Å²) in [5, 5.41) is 0. The highest BCUT2D eigenvalue weighted by Gasteiger charge is 2.15. The predicted octanol–water partition coefficient (Wildman–Crippen LogP) is 3.40. The van der Waals surface area contributed by atoms with Gasteiger partial charge in [0.25, 0.3) is 0 Å². The van der Waals surface area contributed by atoms with Crippen LogP contribution in [-0.4, -0.2) is 19.2 Å². The van der Waals surface area contributed by atoms with Crippen molar-refractivity contribution in [2.24, 2.45) is 0 Å². The maximum absolute atomic E-state index is 6.07. The van der Waals surface area contributed by atoms with Crippen LogP contribution in [0.4, 0.5) is 5.69 Å². The maximum atomic E-state index is 6.07. The second-order valence-corrected chi connectivity index (χ2v) is 4.78. The van der Waals surface area contributed by atoms with Gasteiger partial charge >= 0.3 is 0 Å². The molecule has 2 aromatic carbocycles. The summed E-state index contributed by atoms with van der Waals surface area (Å²) in [6, 6.07) is 9.34. The van der Waals surface area contributed by atoms with Crippen molar-refractivity contribution in [1.29, 1.82) is 0 Å². The Balaban J connectivity index is 2.17. The highest BCUT2D eigenvalue weighted by atomic mass is 16.5. The minimum absolute atomic E-state index is 0.467. The van der Waals surface area contributed by atoms with Crippen molar-refractivity contribution >= 4 is 16.8 Å². The van der Waals surface area contributed by atoms with Crippen molar-refractivity contribution in [3.63, 3.8) is 0 Å². The van der Waals surface area contributed by atoms with Crippen molar-refractivity contribution in [3.8, 4) is 23.0 Å². The van der Waals surface area contributed by atoms with E-state index < -0.39 is 0 Å². The molecular formula is C16H16N2O3. The lowest BCUT2D eigenvalue weighted by Gasteiger charge is -2.10. The van der Waals surface area contributed by atoms with Crippen LogP contribution in [0, 0.1) is 6.92 Å². The maximum Gasteiger partial charge on any atom is 0.229 e. The number of anilines is 1. The van der Waals surface area contributed by atoms with Crippen molar-refractivity contribution in [2.45, 2.75) is 6.92 Å². The third kappa shape index (κ3) is 2.27. The quantitative estimate of drug-likeness (QED) is 0.746. The van der Waals surface area contributed by atoms with E-state index in [1.807, 2.05) is 25.1 Å². The van der Waals surface area contributed by atoms with E-state index in [1.54, 1.807) is 26.4 Å². The highest BCUT2D eigenvalue weighted by molar-refractivity contribution is 5.81. The first kappa shape index (κ1) is 13.3. The number of hydrogen-bond acceptors (Lipinski definition) is 5. The number of nitrogens with two attached hydrogens (primary N) is 1. The van der Waals surface area contributed by atoms with Crippen LogP contribution in [-0.2, 0) is 0 Å². The van der Waals surface area contributed by atoms with Gasteiger partial charge in [-0.05, 0) is 30.7 Å². The van der Waals surface area contributed by atoms with Gasteiger partial charge in [-0.1, -0.05) is 6.07 Å². The SMILES string of the molecule is COc1cc(N)c(-c2nc3ccc(C)cc3o2)cc1OC. The molecule has 0 aliphatic carbocycles. The van der Waals surface area contributed by atoms with Gasteiger partial charge in [0.1, 0.15) is 5.52 Å². The summed E-state index contributed by atoms with van der Waals surface area (Å²) < 4.78 is 16.3. The predicted molar refractivity (Wildman–Crippen MR) is 81.7 cm³/mol. The molecule has 0 spiro atoms. The van der Waals surface area contributed by atoms with E-state index in [2.05, 4.69) is 4.98 Å². The molecule has 3 rings (SSSR count). The number of methoxy groups -OCH3 is 2. The smallest absolute Gasteiger partial charge is 0.229 e. The Morgan fingerprint density at radius 1 is 1.05 bits per heavy atom. The molecule has 1 aromatic heterocycles. The minimum atomic E-state index is 0.467. The number of fused-ring (bicyclic) bond motifs is 1. The Morgan fingerprint density at radius 3 is 2.48 bits per heavy atom. The van der Waals surface area contributed by atoms with Crippen LogP contribution in [0.25, 0.3) is 22.6 Å². The zero-order chi connectivity index (χ0) is 15.0. The van der Waals surface area contributed by atoms with Crippen LogP contribution in [0.2, 0.25) is 0 Å². The van der Waals surface area contributed by atoms with Gasteiger partial charge in [-0.3, -0.25) is 0 Å². The summed E-state index contributed by atoms with van der Waals surface area (Å²) >= 11 is 0. The molecule has 5 heteroatoms. The summed E-state index contributed by atoms with van der Waals surface area (Å²) in [4.78, 5) is 4.47. The number of nitrogen functional groups attached to an aromatic ring is 1. The van der Waals surface area contributed by atoms with Gasteiger partial charge < -0.3 is 19.6 Å². The van der Waals surface area contributed by atoms with Crippen molar-refractivity contribution in [2.75, 3.05) is 20.0 Å². The van der Waals surface area contributed by atoms with Crippen LogP contribution < -0.4 is 15.2 Å².